The van der Waals surface area contributed by atoms with Crippen LogP contribution in [-0.2, 0) is 4.79 Å². The summed E-state index contributed by atoms with van der Waals surface area (Å²) in [6.07, 6.45) is 1.49. The maximum absolute atomic E-state index is 12.4. The summed E-state index contributed by atoms with van der Waals surface area (Å²) < 4.78 is 1.86. The van der Waals surface area contributed by atoms with Crippen LogP contribution >= 0.6 is 58.2 Å². The van der Waals surface area contributed by atoms with Gasteiger partial charge in [0.15, 0.2) is 11.0 Å². The van der Waals surface area contributed by atoms with Crippen LogP contribution in [0.25, 0.3) is 17.1 Å². The molecule has 0 unspecified atom stereocenters. The van der Waals surface area contributed by atoms with Crippen molar-refractivity contribution in [2.75, 3.05) is 5.75 Å². The Bertz CT molecular complexity index is 1340. The number of hydrogen-bond acceptors (Lipinski definition) is 5. The Balaban J connectivity index is 1.50. The smallest absolute Gasteiger partial charge is 0.250 e. The molecule has 172 valence electrons. The molecule has 4 aromatic rings. The fraction of sp³-hybridized carbons (Fsp3) is 0.0435. The van der Waals surface area contributed by atoms with Gasteiger partial charge in [-0.3, -0.25) is 9.36 Å². The fourth-order valence-corrected chi connectivity index (χ4v) is 4.21. The second-order valence-electron chi connectivity index (χ2n) is 6.88. The molecule has 0 saturated heterocycles. The van der Waals surface area contributed by atoms with Crippen LogP contribution in [0.2, 0.25) is 20.1 Å². The molecule has 0 aliphatic carbocycles. The lowest BCUT2D eigenvalue weighted by atomic mass is 10.2. The molecule has 6 nitrogen and oxygen atoms in total. The van der Waals surface area contributed by atoms with E-state index >= 15 is 0 Å². The first-order valence-corrected chi connectivity index (χ1v) is 12.3. The summed E-state index contributed by atoms with van der Waals surface area (Å²) >= 11 is 25.2. The van der Waals surface area contributed by atoms with Crippen LogP contribution in [0.3, 0.4) is 0 Å². The first-order chi connectivity index (χ1) is 16.4. The number of halogens is 4. The molecule has 0 spiro atoms. The highest BCUT2D eigenvalue weighted by Gasteiger charge is 2.17. The summed E-state index contributed by atoms with van der Waals surface area (Å²) in [4.78, 5) is 12.4. The monoisotopic (exact) mass is 549 g/mol. The van der Waals surface area contributed by atoms with Gasteiger partial charge in [-0.15, -0.1) is 10.2 Å². The van der Waals surface area contributed by atoms with Gasteiger partial charge in [0.2, 0.25) is 0 Å². The molecule has 1 heterocycles. The number of benzene rings is 3. The molecule has 3 aromatic carbocycles. The van der Waals surface area contributed by atoms with E-state index in [1.807, 2.05) is 28.8 Å². The van der Waals surface area contributed by atoms with Crippen molar-refractivity contribution in [3.8, 4) is 17.1 Å². The number of amides is 1. The van der Waals surface area contributed by atoms with Crippen LogP contribution in [0.1, 0.15) is 5.56 Å². The molecule has 11 heteroatoms. The summed E-state index contributed by atoms with van der Waals surface area (Å²) in [5.41, 5.74) is 4.83. The van der Waals surface area contributed by atoms with Crippen molar-refractivity contribution in [2.45, 2.75) is 5.16 Å². The molecule has 0 saturated carbocycles. The highest BCUT2D eigenvalue weighted by Crippen LogP contribution is 2.29. The largest absolute Gasteiger partial charge is 0.272 e. The SMILES string of the molecule is O=C(CSc1nnc(-c2ccc(Cl)cc2)n1-c1ccc(Cl)cc1)NN=Cc1ccc(Cl)c(Cl)c1. The van der Waals surface area contributed by atoms with Crippen molar-refractivity contribution in [3.05, 3.63) is 92.4 Å². The number of carbonyl (C=O) groups is 1. The highest BCUT2D eigenvalue weighted by atomic mass is 35.5. The summed E-state index contributed by atoms with van der Waals surface area (Å²) in [6.45, 7) is 0. The maximum atomic E-state index is 12.4. The van der Waals surface area contributed by atoms with E-state index < -0.39 is 0 Å². The molecule has 0 aliphatic rings. The third-order valence-electron chi connectivity index (χ3n) is 4.50. The molecule has 1 amide bonds. The molecule has 34 heavy (non-hydrogen) atoms. The molecule has 1 N–H and O–H groups in total. The van der Waals surface area contributed by atoms with Gasteiger partial charge < -0.3 is 0 Å². The highest BCUT2D eigenvalue weighted by molar-refractivity contribution is 7.99. The van der Waals surface area contributed by atoms with Crippen LogP contribution in [0, 0.1) is 0 Å². The van der Waals surface area contributed by atoms with Gasteiger partial charge in [-0.05, 0) is 66.2 Å². The van der Waals surface area contributed by atoms with E-state index in [0.29, 0.717) is 36.6 Å². The van der Waals surface area contributed by atoms with Gasteiger partial charge in [-0.2, -0.15) is 5.10 Å². The van der Waals surface area contributed by atoms with Crippen LogP contribution in [-0.4, -0.2) is 32.6 Å². The predicted molar refractivity (Wildman–Crippen MR) is 140 cm³/mol. The lowest BCUT2D eigenvalue weighted by Gasteiger charge is -2.10. The Hall–Kier alpha value is -2.55. The van der Waals surface area contributed by atoms with Crippen molar-refractivity contribution >= 4 is 70.3 Å². The Morgan fingerprint density at radius 3 is 2.26 bits per heavy atom. The number of aromatic nitrogens is 3. The molecule has 0 aliphatic heterocycles. The number of rotatable bonds is 7. The van der Waals surface area contributed by atoms with Gasteiger partial charge in [-0.1, -0.05) is 64.2 Å². The second-order valence-corrected chi connectivity index (χ2v) is 9.51. The van der Waals surface area contributed by atoms with E-state index in [2.05, 4.69) is 20.7 Å². The molecule has 0 bridgehead atoms. The number of hydrazone groups is 1. The molecule has 1 aromatic heterocycles. The predicted octanol–water partition coefficient (Wildman–Crippen LogP) is 6.79. The minimum atomic E-state index is -0.306. The number of nitrogens with one attached hydrogen (secondary N) is 1. The molecule has 4 rings (SSSR count). The fourth-order valence-electron chi connectivity index (χ4n) is 2.91. The molecular weight excluding hydrogens is 536 g/mol. The number of thioether (sulfide) groups is 1. The van der Waals surface area contributed by atoms with Gasteiger partial charge in [-0.25, -0.2) is 5.43 Å². The van der Waals surface area contributed by atoms with E-state index in [1.54, 1.807) is 42.5 Å². The Kier molecular flexibility index (Phi) is 8.13. The summed E-state index contributed by atoms with van der Waals surface area (Å²) in [6, 6.07) is 19.6. The number of hydrogen-bond donors (Lipinski definition) is 1. The average Bonchev–Trinajstić information content (AvgIpc) is 3.25. The Morgan fingerprint density at radius 2 is 1.59 bits per heavy atom. The lowest BCUT2D eigenvalue weighted by Crippen LogP contribution is -2.20. The van der Waals surface area contributed by atoms with E-state index in [1.165, 1.54) is 18.0 Å². The van der Waals surface area contributed by atoms with Crippen molar-refractivity contribution in [1.29, 1.82) is 0 Å². The molecule has 0 atom stereocenters. The minimum absolute atomic E-state index is 0.0745. The quantitative estimate of drug-likeness (QED) is 0.156. The maximum Gasteiger partial charge on any atom is 0.250 e. The average molecular weight is 551 g/mol. The normalized spacial score (nSPS) is 11.2. The standard InChI is InChI=1S/C23H15Cl4N5OS/c24-16-4-2-15(3-5-16)22-30-31-23(32(22)18-8-6-17(25)7-9-18)34-13-21(33)29-28-12-14-1-10-19(26)20(27)11-14/h1-12H,13H2,(H,29,33). The summed E-state index contributed by atoms with van der Waals surface area (Å²) in [7, 11) is 0. The number of carbonyl (C=O) groups excluding carboxylic acids is 1. The van der Waals surface area contributed by atoms with Crippen molar-refractivity contribution in [3.63, 3.8) is 0 Å². The van der Waals surface area contributed by atoms with Crippen LogP contribution in [0.4, 0.5) is 0 Å². The first-order valence-electron chi connectivity index (χ1n) is 9.78. The van der Waals surface area contributed by atoms with Gasteiger partial charge in [0.1, 0.15) is 0 Å². The van der Waals surface area contributed by atoms with E-state index in [0.717, 1.165) is 11.3 Å². The topological polar surface area (TPSA) is 72.2 Å². The molecular formula is C23H15Cl4N5OS. The zero-order valence-electron chi connectivity index (χ0n) is 17.3. The molecule has 0 fully saturated rings. The van der Waals surface area contributed by atoms with Crippen LogP contribution < -0.4 is 5.43 Å². The third kappa shape index (κ3) is 6.11. The van der Waals surface area contributed by atoms with Gasteiger partial charge in [0.05, 0.1) is 22.0 Å². The number of nitrogens with zero attached hydrogens (tertiary/aromatic N) is 4. The zero-order chi connectivity index (χ0) is 24.1. The van der Waals surface area contributed by atoms with Crippen molar-refractivity contribution in [1.82, 2.24) is 20.2 Å². The Morgan fingerprint density at radius 1 is 0.912 bits per heavy atom. The van der Waals surface area contributed by atoms with Crippen molar-refractivity contribution in [2.24, 2.45) is 5.10 Å². The third-order valence-corrected chi connectivity index (χ3v) is 6.67. The second kappa shape index (κ2) is 11.3. The van der Waals surface area contributed by atoms with Gasteiger partial charge in [0, 0.05) is 21.3 Å². The minimum Gasteiger partial charge on any atom is -0.272 e. The van der Waals surface area contributed by atoms with Crippen LogP contribution in [0.15, 0.2) is 77.0 Å². The van der Waals surface area contributed by atoms with Crippen molar-refractivity contribution < 1.29 is 4.79 Å². The lowest BCUT2D eigenvalue weighted by molar-refractivity contribution is -0.118. The van der Waals surface area contributed by atoms with Crippen LogP contribution in [0.5, 0.6) is 0 Å². The first kappa shape index (κ1) is 24.6. The Labute approximate surface area is 219 Å². The van der Waals surface area contributed by atoms with Gasteiger partial charge >= 0.3 is 0 Å². The zero-order valence-corrected chi connectivity index (χ0v) is 21.1. The summed E-state index contributed by atoms with van der Waals surface area (Å²) in [5, 5.41) is 15.2. The van der Waals surface area contributed by atoms with E-state index in [4.69, 9.17) is 46.4 Å². The van der Waals surface area contributed by atoms with E-state index in [9.17, 15) is 4.79 Å². The van der Waals surface area contributed by atoms with E-state index in [-0.39, 0.29) is 11.7 Å². The van der Waals surface area contributed by atoms with Gasteiger partial charge in [0.25, 0.3) is 5.91 Å². The summed E-state index contributed by atoms with van der Waals surface area (Å²) in [5.74, 6) is 0.380. The molecule has 0 radical (unpaired) electrons.